The second-order valence-electron chi connectivity index (χ2n) is 4.14. The minimum Gasteiger partial charge on any atom is -0.444 e. The van der Waals surface area contributed by atoms with Gasteiger partial charge in [0.25, 0.3) is 0 Å². The lowest BCUT2D eigenvalue weighted by atomic mass is 10.2. The van der Waals surface area contributed by atoms with Gasteiger partial charge in [0.15, 0.2) is 0 Å². The summed E-state index contributed by atoms with van der Waals surface area (Å²) in [6.45, 7) is 4.45. The lowest BCUT2D eigenvalue weighted by Crippen LogP contribution is -2.38. The third-order valence-corrected chi connectivity index (χ3v) is 1.38. The van der Waals surface area contributed by atoms with E-state index in [1.54, 1.807) is 20.8 Å². The molecule has 0 aliphatic rings. The Balaban J connectivity index is 4.00. The van der Waals surface area contributed by atoms with Crippen LogP contribution in [0.3, 0.4) is 0 Å². The summed E-state index contributed by atoms with van der Waals surface area (Å²) in [7, 11) is 1.43. The molecule has 0 fully saturated rings. The van der Waals surface area contributed by atoms with Crippen molar-refractivity contribution in [3.8, 4) is 0 Å². The van der Waals surface area contributed by atoms with Gasteiger partial charge in [0.2, 0.25) is 0 Å². The molecule has 0 aromatic rings. The summed E-state index contributed by atoms with van der Waals surface area (Å²) in [6, 6.07) is 0. The van der Waals surface area contributed by atoms with Crippen molar-refractivity contribution in [3.63, 3.8) is 0 Å². The molecule has 0 saturated heterocycles. The van der Waals surface area contributed by atoms with Crippen LogP contribution in [0.1, 0.15) is 20.8 Å². The second kappa shape index (κ2) is 5.14. The van der Waals surface area contributed by atoms with E-state index in [9.17, 15) is 9.18 Å². The first-order valence-electron chi connectivity index (χ1n) is 4.45. The standard InChI is InChI=1S/C9H18FNO3/c1-9(2,3)14-8(13)11(4)5-7(10)6-12/h7,12H,5-6H2,1-4H3/t7-/m1/s1. The van der Waals surface area contributed by atoms with Crippen LogP contribution < -0.4 is 0 Å². The van der Waals surface area contributed by atoms with Crippen molar-refractivity contribution in [2.75, 3.05) is 20.2 Å². The van der Waals surface area contributed by atoms with Crippen LogP contribution in [-0.2, 0) is 4.74 Å². The summed E-state index contributed by atoms with van der Waals surface area (Å²) >= 11 is 0. The molecule has 1 atom stereocenters. The van der Waals surface area contributed by atoms with Crippen molar-refractivity contribution in [3.05, 3.63) is 0 Å². The average Bonchev–Trinajstić information content (AvgIpc) is 2.00. The fourth-order valence-electron chi connectivity index (χ4n) is 0.769. The Morgan fingerprint density at radius 1 is 1.57 bits per heavy atom. The summed E-state index contributed by atoms with van der Waals surface area (Å²) in [5.74, 6) is 0. The normalized spacial score (nSPS) is 13.6. The summed E-state index contributed by atoms with van der Waals surface area (Å²) < 4.78 is 17.7. The molecule has 1 N–H and O–H groups in total. The quantitative estimate of drug-likeness (QED) is 0.756. The van der Waals surface area contributed by atoms with Crippen LogP contribution in [-0.4, -0.2) is 48.1 Å². The van der Waals surface area contributed by atoms with E-state index >= 15 is 0 Å². The highest BCUT2D eigenvalue weighted by Crippen LogP contribution is 2.09. The van der Waals surface area contributed by atoms with E-state index in [4.69, 9.17) is 9.84 Å². The van der Waals surface area contributed by atoms with E-state index in [-0.39, 0.29) is 6.54 Å². The molecule has 0 unspecified atom stereocenters. The highest BCUT2D eigenvalue weighted by molar-refractivity contribution is 5.67. The van der Waals surface area contributed by atoms with Crippen molar-refractivity contribution in [1.29, 1.82) is 0 Å². The smallest absolute Gasteiger partial charge is 0.410 e. The van der Waals surface area contributed by atoms with E-state index in [1.807, 2.05) is 0 Å². The third-order valence-electron chi connectivity index (χ3n) is 1.38. The van der Waals surface area contributed by atoms with Crippen LogP contribution in [0.5, 0.6) is 0 Å². The Bertz CT molecular complexity index is 191. The maximum atomic E-state index is 12.7. The number of alkyl halides is 1. The Morgan fingerprint density at radius 3 is 2.43 bits per heavy atom. The first-order valence-corrected chi connectivity index (χ1v) is 4.45. The molecule has 0 heterocycles. The molecule has 4 nitrogen and oxygen atoms in total. The van der Waals surface area contributed by atoms with Gasteiger partial charge >= 0.3 is 6.09 Å². The van der Waals surface area contributed by atoms with Gasteiger partial charge in [-0.05, 0) is 20.8 Å². The number of hydrogen-bond acceptors (Lipinski definition) is 3. The first-order chi connectivity index (χ1) is 6.26. The van der Waals surface area contributed by atoms with Gasteiger partial charge in [-0.2, -0.15) is 0 Å². The molecule has 0 aromatic heterocycles. The van der Waals surface area contributed by atoms with Crippen LogP contribution in [0.15, 0.2) is 0 Å². The fraction of sp³-hybridized carbons (Fsp3) is 0.889. The zero-order valence-corrected chi connectivity index (χ0v) is 9.08. The molecule has 0 bridgehead atoms. The van der Waals surface area contributed by atoms with E-state index < -0.39 is 24.5 Å². The zero-order chi connectivity index (χ0) is 11.4. The van der Waals surface area contributed by atoms with Crippen molar-refractivity contribution in [2.45, 2.75) is 32.5 Å². The number of rotatable bonds is 3. The van der Waals surface area contributed by atoms with E-state index in [0.717, 1.165) is 4.90 Å². The van der Waals surface area contributed by atoms with Crippen LogP contribution in [0, 0.1) is 0 Å². The number of hydrogen-bond donors (Lipinski definition) is 1. The van der Waals surface area contributed by atoms with Gasteiger partial charge in [0.05, 0.1) is 13.2 Å². The molecule has 0 aliphatic heterocycles. The van der Waals surface area contributed by atoms with Gasteiger partial charge in [-0.25, -0.2) is 9.18 Å². The lowest BCUT2D eigenvalue weighted by Gasteiger charge is -2.25. The Kier molecular flexibility index (Phi) is 4.83. The number of carbonyl (C=O) groups excluding carboxylic acids is 1. The topological polar surface area (TPSA) is 49.8 Å². The molecule has 0 rings (SSSR count). The molecule has 5 heteroatoms. The minimum atomic E-state index is -1.42. The number of aliphatic hydroxyl groups excluding tert-OH is 1. The summed E-state index contributed by atoms with van der Waals surface area (Å²) in [5.41, 5.74) is -0.587. The highest BCUT2D eigenvalue weighted by atomic mass is 19.1. The third kappa shape index (κ3) is 5.75. The Labute approximate surface area is 83.7 Å². The maximum Gasteiger partial charge on any atom is 0.410 e. The van der Waals surface area contributed by atoms with E-state index in [2.05, 4.69) is 0 Å². The first kappa shape index (κ1) is 13.2. The average molecular weight is 207 g/mol. The van der Waals surface area contributed by atoms with E-state index in [0.29, 0.717) is 0 Å². The molecule has 0 aromatic carbocycles. The predicted molar refractivity (Wildman–Crippen MR) is 50.8 cm³/mol. The molecule has 1 amide bonds. The Hall–Kier alpha value is -0.840. The summed E-state index contributed by atoms with van der Waals surface area (Å²) in [6.07, 6.45) is -2.01. The van der Waals surface area contributed by atoms with Crippen LogP contribution in [0.4, 0.5) is 9.18 Å². The number of aliphatic hydroxyl groups is 1. The summed E-state index contributed by atoms with van der Waals surface area (Å²) in [5, 5.41) is 8.44. The molecule has 0 spiro atoms. The number of nitrogens with zero attached hydrogens (tertiary/aromatic N) is 1. The minimum absolute atomic E-state index is 0.161. The number of ether oxygens (including phenoxy) is 1. The molecular formula is C9H18FNO3. The van der Waals surface area contributed by atoms with Gasteiger partial charge in [-0.3, -0.25) is 0 Å². The van der Waals surface area contributed by atoms with Gasteiger partial charge in [-0.15, -0.1) is 0 Å². The van der Waals surface area contributed by atoms with E-state index in [1.165, 1.54) is 7.05 Å². The monoisotopic (exact) mass is 207 g/mol. The van der Waals surface area contributed by atoms with Crippen molar-refractivity contribution < 1.29 is 19.0 Å². The molecule has 0 aliphatic carbocycles. The number of carbonyl (C=O) groups is 1. The van der Waals surface area contributed by atoms with Gasteiger partial charge < -0.3 is 14.7 Å². The number of amides is 1. The van der Waals surface area contributed by atoms with Gasteiger partial charge in [0, 0.05) is 7.05 Å². The zero-order valence-electron chi connectivity index (χ0n) is 9.08. The van der Waals surface area contributed by atoms with Crippen LogP contribution in [0.2, 0.25) is 0 Å². The van der Waals surface area contributed by atoms with Crippen LogP contribution >= 0.6 is 0 Å². The molecule has 14 heavy (non-hydrogen) atoms. The second-order valence-corrected chi connectivity index (χ2v) is 4.14. The Morgan fingerprint density at radius 2 is 2.07 bits per heavy atom. The fourth-order valence-corrected chi connectivity index (χ4v) is 0.769. The van der Waals surface area contributed by atoms with Crippen molar-refractivity contribution in [1.82, 2.24) is 4.90 Å². The molecule has 0 radical (unpaired) electrons. The molecule has 84 valence electrons. The van der Waals surface area contributed by atoms with Crippen molar-refractivity contribution >= 4 is 6.09 Å². The maximum absolute atomic E-state index is 12.7. The van der Waals surface area contributed by atoms with Crippen LogP contribution in [0.25, 0.3) is 0 Å². The largest absolute Gasteiger partial charge is 0.444 e. The SMILES string of the molecule is CN(C[C@@H](F)CO)C(=O)OC(C)(C)C. The molecule has 0 saturated carbocycles. The van der Waals surface area contributed by atoms with Gasteiger partial charge in [0.1, 0.15) is 11.8 Å². The molecular weight excluding hydrogens is 189 g/mol. The predicted octanol–water partition coefficient (Wildman–Crippen LogP) is 1.18. The lowest BCUT2D eigenvalue weighted by molar-refractivity contribution is 0.0233. The van der Waals surface area contributed by atoms with Crippen molar-refractivity contribution in [2.24, 2.45) is 0 Å². The number of halogens is 1. The van der Waals surface area contributed by atoms with Gasteiger partial charge in [-0.1, -0.05) is 0 Å². The summed E-state index contributed by atoms with van der Waals surface area (Å²) in [4.78, 5) is 12.4. The highest BCUT2D eigenvalue weighted by Gasteiger charge is 2.21.